The zero-order valence-corrected chi connectivity index (χ0v) is 14.8. The molecule has 2 heterocycles. The molecular formula is C19H29N3O2. The number of carbonyl (C=O) groups is 1. The predicted octanol–water partition coefficient (Wildman–Crippen LogP) is 1.73. The summed E-state index contributed by atoms with van der Waals surface area (Å²) in [4.78, 5) is 17.0. The molecule has 2 unspecified atom stereocenters. The number of benzene rings is 1. The van der Waals surface area contributed by atoms with Gasteiger partial charge in [-0.2, -0.15) is 0 Å². The molecule has 24 heavy (non-hydrogen) atoms. The Kier molecular flexibility index (Phi) is 5.87. The summed E-state index contributed by atoms with van der Waals surface area (Å²) < 4.78 is 5.79. The molecule has 2 saturated heterocycles. The first-order valence-corrected chi connectivity index (χ1v) is 9.08. The highest BCUT2D eigenvalue weighted by atomic mass is 16.5. The van der Waals surface area contributed by atoms with Crippen molar-refractivity contribution in [2.75, 3.05) is 39.3 Å². The largest absolute Gasteiger partial charge is 0.373 e. The minimum absolute atomic E-state index is 0.152. The van der Waals surface area contributed by atoms with Crippen molar-refractivity contribution in [2.24, 2.45) is 0 Å². The number of nitrogens with zero attached hydrogens (tertiary/aromatic N) is 2. The molecule has 2 aliphatic heterocycles. The molecular weight excluding hydrogens is 302 g/mol. The first kappa shape index (κ1) is 17.4. The lowest BCUT2D eigenvalue weighted by molar-refractivity contribution is -0.0704. The van der Waals surface area contributed by atoms with E-state index in [1.807, 2.05) is 17.0 Å². The number of nitrogens with one attached hydrogen (secondary N) is 1. The van der Waals surface area contributed by atoms with Gasteiger partial charge in [0.2, 0.25) is 0 Å². The van der Waals surface area contributed by atoms with Crippen molar-refractivity contribution in [1.29, 1.82) is 0 Å². The van der Waals surface area contributed by atoms with E-state index in [1.54, 1.807) is 0 Å². The number of morpholine rings is 1. The number of rotatable bonds is 3. The smallest absolute Gasteiger partial charge is 0.253 e. The van der Waals surface area contributed by atoms with Crippen molar-refractivity contribution in [3.8, 4) is 0 Å². The van der Waals surface area contributed by atoms with E-state index in [9.17, 15) is 4.79 Å². The molecule has 1 aromatic carbocycles. The third kappa shape index (κ3) is 4.56. The lowest BCUT2D eigenvalue weighted by Crippen LogP contribution is -2.44. The minimum Gasteiger partial charge on any atom is -0.373 e. The van der Waals surface area contributed by atoms with Crippen LogP contribution in [0.15, 0.2) is 24.3 Å². The SMILES string of the molecule is CC1CN(Cc2ccc(C(=O)N3CCCNCC3)cc2)CC(C)O1. The van der Waals surface area contributed by atoms with Gasteiger partial charge in [-0.3, -0.25) is 9.69 Å². The Balaban J connectivity index is 1.59. The first-order chi connectivity index (χ1) is 11.6. The Bertz CT molecular complexity index is 528. The predicted molar refractivity (Wildman–Crippen MR) is 95.1 cm³/mol. The second-order valence-electron chi connectivity index (χ2n) is 7.04. The summed E-state index contributed by atoms with van der Waals surface area (Å²) in [5, 5.41) is 3.34. The lowest BCUT2D eigenvalue weighted by Gasteiger charge is -2.35. The topological polar surface area (TPSA) is 44.8 Å². The van der Waals surface area contributed by atoms with Crippen LogP contribution in [0, 0.1) is 0 Å². The van der Waals surface area contributed by atoms with Gasteiger partial charge < -0.3 is 15.0 Å². The summed E-state index contributed by atoms with van der Waals surface area (Å²) in [6.45, 7) is 10.6. The number of carbonyl (C=O) groups excluding carboxylic acids is 1. The summed E-state index contributed by atoms with van der Waals surface area (Å²) in [5.41, 5.74) is 2.05. The van der Waals surface area contributed by atoms with Crippen molar-refractivity contribution in [2.45, 2.75) is 39.0 Å². The van der Waals surface area contributed by atoms with Crippen LogP contribution < -0.4 is 5.32 Å². The van der Waals surface area contributed by atoms with Gasteiger partial charge in [0.15, 0.2) is 0 Å². The monoisotopic (exact) mass is 331 g/mol. The Morgan fingerprint density at radius 1 is 1.12 bits per heavy atom. The average Bonchev–Trinajstić information content (AvgIpc) is 2.83. The summed E-state index contributed by atoms with van der Waals surface area (Å²) in [6.07, 6.45) is 1.59. The molecule has 0 aliphatic carbocycles. The van der Waals surface area contributed by atoms with Crippen molar-refractivity contribution in [3.63, 3.8) is 0 Å². The quantitative estimate of drug-likeness (QED) is 0.916. The fourth-order valence-electron chi connectivity index (χ4n) is 3.66. The van der Waals surface area contributed by atoms with E-state index in [1.165, 1.54) is 5.56 Å². The highest BCUT2D eigenvalue weighted by Crippen LogP contribution is 2.15. The Hall–Kier alpha value is -1.43. The van der Waals surface area contributed by atoms with Crippen LogP contribution >= 0.6 is 0 Å². The van der Waals surface area contributed by atoms with E-state index in [4.69, 9.17) is 4.74 Å². The third-order valence-electron chi connectivity index (χ3n) is 4.73. The van der Waals surface area contributed by atoms with E-state index < -0.39 is 0 Å². The van der Waals surface area contributed by atoms with Crippen LogP contribution in [0.1, 0.15) is 36.2 Å². The molecule has 2 fully saturated rings. The maximum atomic E-state index is 12.6. The van der Waals surface area contributed by atoms with Gasteiger partial charge in [0.1, 0.15) is 0 Å². The van der Waals surface area contributed by atoms with Crippen LogP contribution in [-0.2, 0) is 11.3 Å². The average molecular weight is 331 g/mol. The molecule has 5 heteroatoms. The molecule has 0 radical (unpaired) electrons. The number of amides is 1. The van der Waals surface area contributed by atoms with Gasteiger partial charge >= 0.3 is 0 Å². The summed E-state index contributed by atoms with van der Waals surface area (Å²) in [6, 6.07) is 8.13. The van der Waals surface area contributed by atoms with E-state index in [2.05, 4.69) is 36.2 Å². The van der Waals surface area contributed by atoms with E-state index in [0.29, 0.717) is 0 Å². The fourth-order valence-corrected chi connectivity index (χ4v) is 3.66. The van der Waals surface area contributed by atoms with Crippen molar-refractivity contribution in [3.05, 3.63) is 35.4 Å². The molecule has 0 aromatic heterocycles. The Labute approximate surface area is 145 Å². The van der Waals surface area contributed by atoms with Crippen LogP contribution in [0.3, 0.4) is 0 Å². The zero-order valence-electron chi connectivity index (χ0n) is 14.8. The van der Waals surface area contributed by atoms with Gasteiger partial charge in [0, 0.05) is 44.8 Å². The van der Waals surface area contributed by atoms with Crippen LogP contribution in [0.4, 0.5) is 0 Å². The number of hydrogen-bond donors (Lipinski definition) is 1. The molecule has 1 aromatic rings. The summed E-state index contributed by atoms with van der Waals surface area (Å²) in [5.74, 6) is 0.152. The normalized spacial score (nSPS) is 26.2. The van der Waals surface area contributed by atoms with Crippen LogP contribution in [0.25, 0.3) is 0 Å². The van der Waals surface area contributed by atoms with Gasteiger partial charge in [-0.05, 0) is 44.5 Å². The zero-order chi connectivity index (χ0) is 16.9. The molecule has 0 spiro atoms. The molecule has 1 amide bonds. The fraction of sp³-hybridized carbons (Fsp3) is 0.632. The van der Waals surface area contributed by atoms with Crippen LogP contribution in [-0.4, -0.2) is 67.2 Å². The van der Waals surface area contributed by atoms with Gasteiger partial charge in [-0.1, -0.05) is 12.1 Å². The summed E-state index contributed by atoms with van der Waals surface area (Å²) >= 11 is 0. The number of hydrogen-bond acceptors (Lipinski definition) is 4. The molecule has 0 bridgehead atoms. The van der Waals surface area contributed by atoms with E-state index in [-0.39, 0.29) is 18.1 Å². The van der Waals surface area contributed by atoms with E-state index in [0.717, 1.165) is 57.8 Å². The second-order valence-corrected chi connectivity index (χ2v) is 7.04. The molecule has 2 aliphatic rings. The second kappa shape index (κ2) is 8.10. The highest BCUT2D eigenvalue weighted by Gasteiger charge is 2.22. The molecule has 1 N–H and O–H groups in total. The Morgan fingerprint density at radius 3 is 2.54 bits per heavy atom. The number of ether oxygens (including phenoxy) is 1. The van der Waals surface area contributed by atoms with Crippen LogP contribution in [0.2, 0.25) is 0 Å². The minimum atomic E-state index is 0.152. The maximum Gasteiger partial charge on any atom is 0.253 e. The van der Waals surface area contributed by atoms with Gasteiger partial charge in [0.25, 0.3) is 5.91 Å². The van der Waals surface area contributed by atoms with Gasteiger partial charge in [0.05, 0.1) is 12.2 Å². The third-order valence-corrected chi connectivity index (χ3v) is 4.73. The lowest BCUT2D eigenvalue weighted by atomic mass is 10.1. The Morgan fingerprint density at radius 2 is 1.83 bits per heavy atom. The van der Waals surface area contributed by atoms with Gasteiger partial charge in [-0.25, -0.2) is 0 Å². The van der Waals surface area contributed by atoms with Crippen LogP contribution in [0.5, 0.6) is 0 Å². The molecule has 5 nitrogen and oxygen atoms in total. The molecule has 0 saturated carbocycles. The molecule has 3 rings (SSSR count). The van der Waals surface area contributed by atoms with Crippen molar-refractivity contribution < 1.29 is 9.53 Å². The first-order valence-electron chi connectivity index (χ1n) is 9.08. The van der Waals surface area contributed by atoms with Crippen molar-refractivity contribution in [1.82, 2.24) is 15.1 Å². The standard InChI is InChI=1S/C19H29N3O2/c1-15-12-21(13-16(2)24-15)14-17-4-6-18(7-5-17)19(23)22-10-3-8-20-9-11-22/h4-7,15-16,20H,3,8-14H2,1-2H3. The molecule has 132 valence electrons. The summed E-state index contributed by atoms with van der Waals surface area (Å²) in [7, 11) is 0. The highest BCUT2D eigenvalue weighted by molar-refractivity contribution is 5.94. The van der Waals surface area contributed by atoms with E-state index >= 15 is 0 Å². The van der Waals surface area contributed by atoms with Gasteiger partial charge in [-0.15, -0.1) is 0 Å². The van der Waals surface area contributed by atoms with Crippen molar-refractivity contribution >= 4 is 5.91 Å². The maximum absolute atomic E-state index is 12.6. The molecule has 2 atom stereocenters.